The van der Waals surface area contributed by atoms with Crippen LogP contribution in [0, 0.1) is 0 Å². The van der Waals surface area contributed by atoms with Gasteiger partial charge >= 0.3 is 0 Å². The SMILES string of the molecule is CCCC(CC)NS(=O)(=O)c1ccc(CNCC)cc1. The van der Waals surface area contributed by atoms with E-state index in [2.05, 4.69) is 17.0 Å². The van der Waals surface area contributed by atoms with E-state index in [0.717, 1.165) is 37.9 Å². The smallest absolute Gasteiger partial charge is 0.240 e. The molecule has 1 atom stereocenters. The second-order valence-electron chi connectivity index (χ2n) is 4.94. The van der Waals surface area contributed by atoms with Gasteiger partial charge in [-0.05, 0) is 37.1 Å². The number of sulfonamides is 1. The van der Waals surface area contributed by atoms with Gasteiger partial charge in [0.1, 0.15) is 0 Å². The van der Waals surface area contributed by atoms with Crippen LogP contribution < -0.4 is 10.0 Å². The Morgan fingerprint density at radius 3 is 2.25 bits per heavy atom. The fourth-order valence-corrected chi connectivity index (χ4v) is 3.39. The van der Waals surface area contributed by atoms with Crippen molar-refractivity contribution in [1.82, 2.24) is 10.0 Å². The van der Waals surface area contributed by atoms with Gasteiger partial charge in [0.2, 0.25) is 10.0 Å². The Kier molecular flexibility index (Phi) is 7.19. The lowest BCUT2D eigenvalue weighted by atomic mass is 10.1. The first-order valence-electron chi connectivity index (χ1n) is 7.35. The fraction of sp³-hybridized carbons (Fsp3) is 0.600. The Morgan fingerprint density at radius 1 is 1.10 bits per heavy atom. The second kappa shape index (κ2) is 8.39. The molecule has 0 aliphatic carbocycles. The van der Waals surface area contributed by atoms with Crippen LogP contribution in [0.25, 0.3) is 0 Å². The predicted octanol–water partition coefficient (Wildman–Crippen LogP) is 2.65. The van der Waals surface area contributed by atoms with Crippen molar-refractivity contribution in [2.75, 3.05) is 6.54 Å². The van der Waals surface area contributed by atoms with Gasteiger partial charge in [-0.25, -0.2) is 13.1 Å². The highest BCUT2D eigenvalue weighted by atomic mass is 32.2. The van der Waals surface area contributed by atoms with Gasteiger partial charge in [0, 0.05) is 12.6 Å². The van der Waals surface area contributed by atoms with Crippen LogP contribution in [0.3, 0.4) is 0 Å². The molecule has 0 fully saturated rings. The van der Waals surface area contributed by atoms with Crippen LogP contribution in [0.5, 0.6) is 0 Å². The predicted molar refractivity (Wildman–Crippen MR) is 83.1 cm³/mol. The molecule has 20 heavy (non-hydrogen) atoms. The molecule has 4 nitrogen and oxygen atoms in total. The van der Waals surface area contributed by atoms with Gasteiger partial charge in [-0.2, -0.15) is 0 Å². The Bertz CT molecular complexity index is 483. The van der Waals surface area contributed by atoms with Crippen molar-refractivity contribution in [3.8, 4) is 0 Å². The standard InChI is InChI=1S/C15H26N2O2S/c1-4-7-14(5-2)17-20(18,19)15-10-8-13(9-11-15)12-16-6-3/h8-11,14,16-17H,4-7,12H2,1-3H3. The molecule has 1 aromatic carbocycles. The van der Waals surface area contributed by atoms with E-state index >= 15 is 0 Å². The van der Waals surface area contributed by atoms with Gasteiger partial charge < -0.3 is 5.32 Å². The van der Waals surface area contributed by atoms with Crippen molar-refractivity contribution in [1.29, 1.82) is 0 Å². The molecule has 114 valence electrons. The van der Waals surface area contributed by atoms with E-state index in [4.69, 9.17) is 0 Å². The Balaban J connectivity index is 2.76. The summed E-state index contributed by atoms with van der Waals surface area (Å²) in [7, 11) is -3.40. The molecule has 5 heteroatoms. The normalized spacial score (nSPS) is 13.3. The first-order valence-corrected chi connectivity index (χ1v) is 8.83. The highest BCUT2D eigenvalue weighted by molar-refractivity contribution is 7.89. The summed E-state index contributed by atoms with van der Waals surface area (Å²) in [5.74, 6) is 0. The molecule has 0 saturated heterocycles. The molecule has 0 aliphatic heterocycles. The Hall–Kier alpha value is -0.910. The summed E-state index contributed by atoms with van der Waals surface area (Å²) >= 11 is 0. The maximum absolute atomic E-state index is 12.3. The summed E-state index contributed by atoms with van der Waals surface area (Å²) in [6.45, 7) is 7.77. The van der Waals surface area contributed by atoms with Crippen molar-refractivity contribution in [3.05, 3.63) is 29.8 Å². The van der Waals surface area contributed by atoms with Crippen molar-refractivity contribution in [3.63, 3.8) is 0 Å². The molecule has 1 aromatic rings. The highest BCUT2D eigenvalue weighted by Crippen LogP contribution is 2.13. The van der Waals surface area contributed by atoms with Gasteiger partial charge in [0.25, 0.3) is 0 Å². The summed E-state index contributed by atoms with van der Waals surface area (Å²) < 4.78 is 27.3. The van der Waals surface area contributed by atoms with Crippen molar-refractivity contribution in [2.24, 2.45) is 0 Å². The Morgan fingerprint density at radius 2 is 1.75 bits per heavy atom. The molecule has 0 amide bonds. The minimum Gasteiger partial charge on any atom is -0.313 e. The average molecular weight is 298 g/mol. The number of rotatable bonds is 9. The molecular weight excluding hydrogens is 272 g/mol. The molecule has 0 aliphatic rings. The third kappa shape index (κ3) is 5.23. The minimum absolute atomic E-state index is 0.0198. The zero-order chi connectivity index (χ0) is 15.0. The van der Waals surface area contributed by atoms with Gasteiger partial charge in [-0.15, -0.1) is 0 Å². The van der Waals surface area contributed by atoms with Crippen LogP contribution in [0.15, 0.2) is 29.2 Å². The lowest BCUT2D eigenvalue weighted by Crippen LogP contribution is -2.34. The molecule has 1 rings (SSSR count). The molecule has 0 aromatic heterocycles. The maximum atomic E-state index is 12.3. The summed E-state index contributed by atoms with van der Waals surface area (Å²) in [5, 5.41) is 3.22. The van der Waals surface area contributed by atoms with Crippen molar-refractivity contribution >= 4 is 10.0 Å². The van der Waals surface area contributed by atoms with Crippen LogP contribution in [-0.2, 0) is 16.6 Å². The van der Waals surface area contributed by atoms with E-state index in [0.29, 0.717) is 4.90 Å². The molecular formula is C15H26N2O2S. The van der Waals surface area contributed by atoms with Gasteiger partial charge in [0.15, 0.2) is 0 Å². The fourth-order valence-electron chi connectivity index (χ4n) is 2.04. The van der Waals surface area contributed by atoms with Crippen LogP contribution in [0.1, 0.15) is 45.6 Å². The molecule has 0 spiro atoms. The zero-order valence-corrected chi connectivity index (χ0v) is 13.5. The van der Waals surface area contributed by atoms with E-state index in [1.807, 2.05) is 26.0 Å². The topological polar surface area (TPSA) is 58.2 Å². The third-order valence-corrected chi connectivity index (χ3v) is 4.80. The average Bonchev–Trinajstić information content (AvgIpc) is 2.45. The second-order valence-corrected chi connectivity index (χ2v) is 6.65. The Labute approximate surface area is 123 Å². The van der Waals surface area contributed by atoms with E-state index < -0.39 is 10.0 Å². The van der Waals surface area contributed by atoms with E-state index in [1.165, 1.54) is 0 Å². The first kappa shape index (κ1) is 17.1. The molecule has 0 saturated carbocycles. The van der Waals surface area contributed by atoms with E-state index in [9.17, 15) is 8.42 Å². The quantitative estimate of drug-likeness (QED) is 0.737. The minimum atomic E-state index is -3.40. The summed E-state index contributed by atoms with van der Waals surface area (Å²) in [5.41, 5.74) is 1.09. The van der Waals surface area contributed by atoms with Crippen LogP contribution in [0.4, 0.5) is 0 Å². The van der Waals surface area contributed by atoms with Gasteiger partial charge in [-0.1, -0.05) is 39.3 Å². The lowest BCUT2D eigenvalue weighted by Gasteiger charge is -2.16. The molecule has 0 heterocycles. The summed E-state index contributed by atoms with van der Waals surface area (Å²) in [6, 6.07) is 7.09. The maximum Gasteiger partial charge on any atom is 0.240 e. The zero-order valence-electron chi connectivity index (χ0n) is 12.6. The molecule has 1 unspecified atom stereocenters. The highest BCUT2D eigenvalue weighted by Gasteiger charge is 2.18. The number of benzene rings is 1. The lowest BCUT2D eigenvalue weighted by molar-refractivity contribution is 0.512. The van der Waals surface area contributed by atoms with Crippen LogP contribution in [0.2, 0.25) is 0 Å². The number of hydrogen-bond donors (Lipinski definition) is 2. The van der Waals surface area contributed by atoms with Crippen LogP contribution >= 0.6 is 0 Å². The number of nitrogens with one attached hydrogen (secondary N) is 2. The van der Waals surface area contributed by atoms with Crippen LogP contribution in [-0.4, -0.2) is 21.0 Å². The molecule has 0 radical (unpaired) electrons. The molecule has 2 N–H and O–H groups in total. The van der Waals surface area contributed by atoms with Crippen molar-refractivity contribution < 1.29 is 8.42 Å². The first-order chi connectivity index (χ1) is 9.53. The summed E-state index contributed by atoms with van der Waals surface area (Å²) in [6.07, 6.45) is 2.66. The largest absolute Gasteiger partial charge is 0.313 e. The molecule has 0 bridgehead atoms. The monoisotopic (exact) mass is 298 g/mol. The number of hydrogen-bond acceptors (Lipinski definition) is 3. The van der Waals surface area contributed by atoms with Gasteiger partial charge in [-0.3, -0.25) is 0 Å². The van der Waals surface area contributed by atoms with Crippen molar-refractivity contribution in [2.45, 2.75) is 57.5 Å². The van der Waals surface area contributed by atoms with E-state index in [1.54, 1.807) is 12.1 Å². The van der Waals surface area contributed by atoms with E-state index in [-0.39, 0.29) is 6.04 Å². The third-order valence-electron chi connectivity index (χ3n) is 3.26. The summed E-state index contributed by atoms with van der Waals surface area (Å²) in [4.78, 5) is 0.340. The van der Waals surface area contributed by atoms with Gasteiger partial charge in [0.05, 0.1) is 4.90 Å².